The summed E-state index contributed by atoms with van der Waals surface area (Å²) in [4.78, 5) is 14.5. The first kappa shape index (κ1) is 17.4. The third-order valence-corrected chi connectivity index (χ3v) is 3.70. The first-order valence-corrected chi connectivity index (χ1v) is 8.35. The predicted octanol–water partition coefficient (Wildman–Crippen LogP) is 2.13. The molecule has 0 saturated heterocycles. The fraction of sp³-hybridized carbons (Fsp3) is 1.00. The van der Waals surface area contributed by atoms with Crippen LogP contribution >= 0.6 is 0 Å². The Kier molecular flexibility index (Phi) is 11.8. The molecule has 0 aromatic carbocycles. The Bertz CT molecular complexity index is 132. The number of rotatable bonds is 12. The van der Waals surface area contributed by atoms with Gasteiger partial charge < -0.3 is 0 Å². The second-order valence-corrected chi connectivity index (χ2v) is 5.61. The van der Waals surface area contributed by atoms with Crippen molar-refractivity contribution >= 4 is 0 Å². The molecule has 0 aliphatic rings. The van der Waals surface area contributed by atoms with Gasteiger partial charge in [0.25, 0.3) is 0 Å². The summed E-state index contributed by atoms with van der Waals surface area (Å²) >= 11 is -4.10. The van der Waals surface area contributed by atoms with Crippen molar-refractivity contribution in [2.45, 2.75) is 34.1 Å². The fourth-order valence-corrected chi connectivity index (χ4v) is 3.03. The summed E-state index contributed by atoms with van der Waals surface area (Å²) < 4.78 is 20.6. The molecule has 0 unspecified atom stereocenters. The fourth-order valence-electron chi connectivity index (χ4n) is 0.734. The molecule has 0 N–H and O–H groups in total. The van der Waals surface area contributed by atoms with Crippen LogP contribution in [0, 0.1) is 0 Å². The van der Waals surface area contributed by atoms with Gasteiger partial charge in [-0.05, 0) is 0 Å². The Morgan fingerprint density at radius 1 is 0.706 bits per heavy atom. The van der Waals surface area contributed by atoms with Crippen molar-refractivity contribution in [1.29, 1.82) is 0 Å². The van der Waals surface area contributed by atoms with Crippen LogP contribution in [0.15, 0.2) is 0 Å². The first-order valence-electron chi connectivity index (χ1n) is 5.80. The van der Waals surface area contributed by atoms with Crippen LogP contribution < -0.4 is 0 Å². The van der Waals surface area contributed by atoms with Crippen LogP contribution in [0.2, 0.25) is 0 Å². The zero-order chi connectivity index (χ0) is 13.0. The summed E-state index contributed by atoms with van der Waals surface area (Å²) in [5.41, 5.74) is 0. The van der Waals surface area contributed by atoms with Gasteiger partial charge in [-0.2, -0.15) is 0 Å². The minimum absolute atomic E-state index is 0.341. The molecule has 0 radical (unpaired) electrons. The molecule has 8 heteroatoms. The molecule has 0 fully saturated rings. The Morgan fingerprint density at radius 3 is 1.41 bits per heavy atom. The summed E-state index contributed by atoms with van der Waals surface area (Å²) in [7, 11) is 0. The second-order valence-electron chi connectivity index (χ2n) is 2.82. The molecule has 7 nitrogen and oxygen atoms in total. The zero-order valence-corrected chi connectivity index (χ0v) is 12.5. The summed E-state index contributed by atoms with van der Waals surface area (Å²) in [5.74, 6) is 0. The molecule has 104 valence electrons. The Labute approximate surface area is 107 Å². The van der Waals surface area contributed by atoms with E-state index in [9.17, 15) is 0 Å². The van der Waals surface area contributed by atoms with Gasteiger partial charge in [-0.1, -0.05) is 0 Å². The van der Waals surface area contributed by atoms with Crippen LogP contribution in [-0.2, 0) is 46.5 Å². The Balaban J connectivity index is 4.39. The molecule has 0 aromatic rings. The van der Waals surface area contributed by atoms with Crippen molar-refractivity contribution < 1.29 is 46.5 Å². The second kappa shape index (κ2) is 11.5. The number of hydrogen-bond acceptors (Lipinski definition) is 7. The molecular weight excluding hydrogens is 268 g/mol. The van der Waals surface area contributed by atoms with Crippen LogP contribution in [0.1, 0.15) is 34.1 Å². The van der Waals surface area contributed by atoms with Crippen molar-refractivity contribution in [3.63, 3.8) is 0 Å². The number of hydrogen-bond donors (Lipinski definition) is 0. The van der Waals surface area contributed by atoms with E-state index in [-0.39, 0.29) is 0 Å². The minimum atomic E-state index is -4.10. The van der Waals surface area contributed by atoms with Gasteiger partial charge in [0.2, 0.25) is 0 Å². The van der Waals surface area contributed by atoms with Crippen LogP contribution in [0.4, 0.5) is 0 Å². The zero-order valence-electron chi connectivity index (χ0n) is 10.9. The van der Waals surface area contributed by atoms with E-state index in [4.69, 9.17) is 28.4 Å². The van der Waals surface area contributed by atoms with Gasteiger partial charge in [-0.15, -0.1) is 0 Å². The summed E-state index contributed by atoms with van der Waals surface area (Å²) in [6.07, 6.45) is 0.785. The van der Waals surface area contributed by atoms with Gasteiger partial charge in [-0.3, -0.25) is 0 Å². The molecule has 0 aliphatic carbocycles. The van der Waals surface area contributed by atoms with Crippen LogP contribution in [0.25, 0.3) is 0 Å². The van der Waals surface area contributed by atoms with Crippen molar-refractivity contribution in [2.24, 2.45) is 0 Å². The monoisotopic (exact) mass is 290 g/mol. The molecule has 0 bridgehead atoms. The molecule has 0 heterocycles. The third-order valence-electron chi connectivity index (χ3n) is 1.32. The van der Waals surface area contributed by atoms with E-state index < -0.39 is 18.1 Å². The molecule has 0 aliphatic heterocycles. The van der Waals surface area contributed by atoms with Crippen molar-refractivity contribution in [3.05, 3.63) is 0 Å². The van der Waals surface area contributed by atoms with E-state index in [1.54, 1.807) is 20.8 Å². The predicted molar refractivity (Wildman–Crippen MR) is 54.4 cm³/mol. The molecule has 0 spiro atoms. The molecule has 0 amide bonds. The topological polar surface area (TPSA) is 64.6 Å². The van der Waals surface area contributed by atoms with Gasteiger partial charge in [-0.25, -0.2) is 0 Å². The molecular formula is C9H22O7Ti. The Hall–Kier alpha value is 0.434. The van der Waals surface area contributed by atoms with Crippen molar-refractivity contribution in [3.8, 4) is 0 Å². The SMILES string of the molecule is CCC[O][Ti]([O]OCC)([O]OCC)[O]OCC. The maximum absolute atomic E-state index is 5.43. The molecule has 0 saturated carbocycles. The molecule has 0 aromatic heterocycles. The summed E-state index contributed by atoms with van der Waals surface area (Å²) in [6.45, 7) is 8.70. The summed E-state index contributed by atoms with van der Waals surface area (Å²) in [6, 6.07) is 0. The average molecular weight is 290 g/mol. The first-order chi connectivity index (χ1) is 8.24. The van der Waals surface area contributed by atoms with Gasteiger partial charge in [0.15, 0.2) is 0 Å². The standard InChI is InChI=1S/C3H7O.3C2H6O2.Ti/c1-2-3-4;3*1-2-4-3;/h2-3H2,1H3;3*3H,2H2,1H3;/q-1;;;;+4/p-3. The maximum atomic E-state index is 5.43. The van der Waals surface area contributed by atoms with Crippen LogP contribution in [0.3, 0.4) is 0 Å². The van der Waals surface area contributed by atoms with Crippen LogP contribution in [0.5, 0.6) is 0 Å². The van der Waals surface area contributed by atoms with E-state index >= 15 is 0 Å². The quantitative estimate of drug-likeness (QED) is 0.310. The van der Waals surface area contributed by atoms with Gasteiger partial charge >= 0.3 is 107 Å². The Morgan fingerprint density at radius 2 is 1.12 bits per heavy atom. The molecule has 0 rings (SSSR count). The van der Waals surface area contributed by atoms with E-state index in [0.29, 0.717) is 26.4 Å². The van der Waals surface area contributed by atoms with E-state index in [2.05, 4.69) is 0 Å². The average Bonchev–Trinajstić information content (AvgIpc) is 2.37. The van der Waals surface area contributed by atoms with Gasteiger partial charge in [0.05, 0.1) is 0 Å². The molecule has 17 heavy (non-hydrogen) atoms. The molecule has 0 atom stereocenters. The normalized spacial score (nSPS) is 12.0. The van der Waals surface area contributed by atoms with Gasteiger partial charge in [0.1, 0.15) is 0 Å². The summed E-state index contributed by atoms with van der Waals surface area (Å²) in [5, 5.41) is 0. The van der Waals surface area contributed by atoms with Crippen LogP contribution in [-0.4, -0.2) is 26.4 Å². The van der Waals surface area contributed by atoms with E-state index in [1.165, 1.54) is 0 Å². The third kappa shape index (κ3) is 8.20. The van der Waals surface area contributed by atoms with Crippen molar-refractivity contribution in [1.82, 2.24) is 0 Å². The van der Waals surface area contributed by atoms with E-state index in [0.717, 1.165) is 6.42 Å². The van der Waals surface area contributed by atoms with Gasteiger partial charge in [0, 0.05) is 0 Å². The van der Waals surface area contributed by atoms with Crippen molar-refractivity contribution in [2.75, 3.05) is 26.4 Å². The van der Waals surface area contributed by atoms with E-state index in [1.807, 2.05) is 6.92 Å².